The van der Waals surface area contributed by atoms with Crippen LogP contribution in [0.2, 0.25) is 0 Å². The minimum absolute atomic E-state index is 0.0489. The van der Waals surface area contributed by atoms with Gasteiger partial charge < -0.3 is 5.73 Å². The molecule has 0 bridgehead atoms. The summed E-state index contributed by atoms with van der Waals surface area (Å²) in [6.45, 7) is 2.22. The Morgan fingerprint density at radius 2 is 1.94 bits per heavy atom. The average molecular weight is 441 g/mol. The lowest BCUT2D eigenvalue weighted by molar-refractivity contribution is 0.102. The molecule has 1 saturated carbocycles. The van der Waals surface area contributed by atoms with E-state index in [-0.39, 0.29) is 17.1 Å². The number of nitrogen functional groups attached to an aromatic ring is 1. The van der Waals surface area contributed by atoms with Crippen LogP contribution < -0.4 is 17.0 Å². The lowest BCUT2D eigenvalue weighted by atomic mass is 10.2. The van der Waals surface area contributed by atoms with Crippen molar-refractivity contribution in [3.8, 4) is 5.69 Å². The number of nitrogens with zero attached hydrogens (tertiary/aromatic N) is 5. The lowest BCUT2D eigenvalue weighted by Gasteiger charge is -2.13. The van der Waals surface area contributed by atoms with Gasteiger partial charge in [0.05, 0.1) is 11.4 Å². The minimum atomic E-state index is -0.679. The highest BCUT2D eigenvalue weighted by atomic mass is 32.2. The van der Waals surface area contributed by atoms with E-state index in [1.54, 1.807) is 0 Å². The molecule has 0 saturated heterocycles. The number of hydrogen-bond acceptors (Lipinski definition) is 7. The molecule has 2 heterocycles. The van der Waals surface area contributed by atoms with E-state index < -0.39 is 17.0 Å². The maximum Gasteiger partial charge on any atom is 0.332 e. The van der Waals surface area contributed by atoms with Gasteiger partial charge in [0.25, 0.3) is 5.56 Å². The molecule has 162 valence electrons. The van der Waals surface area contributed by atoms with Crippen molar-refractivity contribution in [2.75, 3.05) is 11.5 Å². The van der Waals surface area contributed by atoms with E-state index in [1.165, 1.54) is 11.6 Å². The van der Waals surface area contributed by atoms with Crippen LogP contribution in [0.1, 0.15) is 48.3 Å². The second kappa shape index (κ2) is 8.54. The summed E-state index contributed by atoms with van der Waals surface area (Å²) in [4.78, 5) is 42.4. The van der Waals surface area contributed by atoms with Crippen LogP contribution in [-0.2, 0) is 13.6 Å². The molecular formula is C21H24N6O3S. The fraction of sp³-hybridized carbons (Fsp3) is 0.381. The van der Waals surface area contributed by atoms with Gasteiger partial charge in [0.1, 0.15) is 17.2 Å². The molecule has 0 unspecified atom stereocenters. The van der Waals surface area contributed by atoms with Crippen LogP contribution in [0.3, 0.4) is 0 Å². The van der Waals surface area contributed by atoms with Gasteiger partial charge in [-0.3, -0.25) is 18.7 Å². The molecule has 0 aliphatic heterocycles. The van der Waals surface area contributed by atoms with Gasteiger partial charge in [0.15, 0.2) is 5.78 Å². The molecule has 10 heteroatoms. The van der Waals surface area contributed by atoms with Crippen LogP contribution in [0, 0.1) is 0 Å². The molecule has 1 aliphatic carbocycles. The van der Waals surface area contributed by atoms with Crippen molar-refractivity contribution < 1.29 is 4.79 Å². The summed E-state index contributed by atoms with van der Waals surface area (Å²) in [5, 5.41) is 5.05. The van der Waals surface area contributed by atoms with Gasteiger partial charge in [-0.1, -0.05) is 36.9 Å². The van der Waals surface area contributed by atoms with Crippen LogP contribution in [0.25, 0.3) is 5.69 Å². The van der Waals surface area contributed by atoms with Gasteiger partial charge >= 0.3 is 5.69 Å². The summed E-state index contributed by atoms with van der Waals surface area (Å²) in [7, 11) is 1.35. The fourth-order valence-corrected chi connectivity index (χ4v) is 4.12. The first-order chi connectivity index (χ1) is 14.9. The van der Waals surface area contributed by atoms with Crippen molar-refractivity contribution in [3.63, 3.8) is 0 Å². The third kappa shape index (κ3) is 4.07. The second-order valence-corrected chi connectivity index (χ2v) is 8.49. The highest BCUT2D eigenvalue weighted by molar-refractivity contribution is 7.99. The van der Waals surface area contributed by atoms with Crippen LogP contribution in [0.5, 0.6) is 0 Å². The number of anilines is 1. The van der Waals surface area contributed by atoms with E-state index in [9.17, 15) is 14.4 Å². The Labute approximate surface area is 182 Å². The molecule has 4 rings (SSSR count). The van der Waals surface area contributed by atoms with Gasteiger partial charge in [0.2, 0.25) is 5.16 Å². The zero-order chi connectivity index (χ0) is 22.1. The molecule has 9 nitrogen and oxygen atoms in total. The Bertz CT molecular complexity index is 1240. The largest absolute Gasteiger partial charge is 0.384 e. The Hall–Kier alpha value is -3.14. The number of thioether (sulfide) groups is 1. The van der Waals surface area contributed by atoms with E-state index in [1.807, 2.05) is 41.9 Å². The van der Waals surface area contributed by atoms with E-state index in [2.05, 4.69) is 10.1 Å². The van der Waals surface area contributed by atoms with Crippen molar-refractivity contribution >= 4 is 23.4 Å². The van der Waals surface area contributed by atoms with E-state index in [4.69, 9.17) is 5.73 Å². The normalized spacial score (nSPS) is 13.5. The molecule has 31 heavy (non-hydrogen) atoms. The number of Topliss-reactive ketones (excluding diaryl/α,β-unsaturated/α-hetero) is 1. The van der Waals surface area contributed by atoms with Crippen molar-refractivity contribution in [2.24, 2.45) is 7.05 Å². The molecule has 2 N–H and O–H groups in total. The van der Waals surface area contributed by atoms with Crippen molar-refractivity contribution in [2.45, 2.75) is 43.8 Å². The van der Waals surface area contributed by atoms with Crippen molar-refractivity contribution in [1.82, 2.24) is 23.9 Å². The van der Waals surface area contributed by atoms with E-state index in [0.717, 1.165) is 40.7 Å². The molecule has 0 spiro atoms. The first-order valence-corrected chi connectivity index (χ1v) is 11.2. The third-order valence-corrected chi connectivity index (χ3v) is 6.04. The Morgan fingerprint density at radius 1 is 1.23 bits per heavy atom. The van der Waals surface area contributed by atoms with Gasteiger partial charge in [0, 0.05) is 19.5 Å². The molecule has 0 atom stereocenters. The number of rotatable bonds is 8. The molecule has 3 aromatic rings. The van der Waals surface area contributed by atoms with E-state index >= 15 is 0 Å². The smallest absolute Gasteiger partial charge is 0.332 e. The number of carbonyl (C=O) groups excluding carboxylic acids is 1. The predicted molar refractivity (Wildman–Crippen MR) is 119 cm³/mol. The molecular weight excluding hydrogens is 416 g/mol. The Morgan fingerprint density at radius 3 is 2.58 bits per heavy atom. The first-order valence-electron chi connectivity index (χ1n) is 10.2. The number of nitrogens with two attached hydrogens (primary N) is 1. The molecule has 1 aromatic carbocycles. The van der Waals surface area contributed by atoms with Gasteiger partial charge in [-0.2, -0.15) is 0 Å². The third-order valence-electron chi connectivity index (χ3n) is 5.20. The topological polar surface area (TPSA) is 118 Å². The second-order valence-electron chi connectivity index (χ2n) is 7.54. The minimum Gasteiger partial charge on any atom is -0.384 e. The van der Waals surface area contributed by atoms with Gasteiger partial charge in [-0.05, 0) is 31.4 Å². The molecule has 1 aliphatic rings. The summed E-state index contributed by atoms with van der Waals surface area (Å²) >= 11 is 1.16. The van der Waals surface area contributed by atoms with Crippen LogP contribution in [-0.4, -0.2) is 35.4 Å². The summed E-state index contributed by atoms with van der Waals surface area (Å²) in [5.41, 5.74) is 5.60. The van der Waals surface area contributed by atoms with Gasteiger partial charge in [-0.25, -0.2) is 14.5 Å². The maximum absolute atomic E-state index is 12.9. The standard InChI is InChI=1S/C21H24N6O3S/c1-3-11-26-17(22)16(19(29)25(2)21(26)30)15(28)12-31-20-23-18(13-9-10-13)27(24-20)14-7-5-4-6-8-14/h4-8,13H,3,9-12,22H2,1-2H3. The summed E-state index contributed by atoms with van der Waals surface area (Å²) in [6, 6.07) is 9.74. The number of carbonyl (C=O) groups is 1. The average Bonchev–Trinajstić information content (AvgIpc) is 3.53. The van der Waals surface area contributed by atoms with Crippen molar-refractivity contribution in [1.29, 1.82) is 0 Å². The molecule has 2 aromatic heterocycles. The molecule has 0 amide bonds. The highest BCUT2D eigenvalue weighted by Gasteiger charge is 2.31. The van der Waals surface area contributed by atoms with Crippen LogP contribution in [0.4, 0.5) is 5.82 Å². The highest BCUT2D eigenvalue weighted by Crippen LogP contribution is 2.40. The Balaban J connectivity index is 1.60. The monoisotopic (exact) mass is 440 g/mol. The predicted octanol–water partition coefficient (Wildman–Crippen LogP) is 1.97. The van der Waals surface area contributed by atoms with Crippen LogP contribution in [0.15, 0.2) is 45.1 Å². The number of hydrogen-bond donors (Lipinski definition) is 1. The number of ketones is 1. The summed E-state index contributed by atoms with van der Waals surface area (Å²) < 4.78 is 4.02. The number of aromatic nitrogens is 5. The quantitative estimate of drug-likeness (QED) is 0.420. The fourth-order valence-electron chi connectivity index (χ4n) is 3.42. The van der Waals surface area contributed by atoms with E-state index in [0.29, 0.717) is 24.0 Å². The summed E-state index contributed by atoms with van der Waals surface area (Å²) in [6.07, 6.45) is 2.79. The Kier molecular flexibility index (Phi) is 5.81. The first kappa shape index (κ1) is 21.1. The summed E-state index contributed by atoms with van der Waals surface area (Å²) in [5.74, 6) is 0.678. The van der Waals surface area contributed by atoms with Crippen LogP contribution >= 0.6 is 11.8 Å². The number of benzene rings is 1. The molecule has 1 fully saturated rings. The van der Waals surface area contributed by atoms with Crippen molar-refractivity contribution in [3.05, 3.63) is 62.6 Å². The zero-order valence-corrected chi connectivity index (χ0v) is 18.3. The SMILES string of the molecule is CCCn1c(N)c(C(=O)CSc2nc(C3CC3)n(-c3ccccc3)n2)c(=O)n(C)c1=O. The maximum atomic E-state index is 12.9. The van der Waals surface area contributed by atoms with Gasteiger partial charge in [-0.15, -0.1) is 5.10 Å². The zero-order valence-electron chi connectivity index (χ0n) is 17.4. The lowest BCUT2D eigenvalue weighted by Crippen LogP contribution is -2.42. The molecule has 0 radical (unpaired) electrons. The number of para-hydroxylation sites is 1.